The molecule has 7 heteroatoms. The molecule has 0 radical (unpaired) electrons. The maximum atomic E-state index is 13.7. The van der Waals surface area contributed by atoms with Crippen molar-refractivity contribution < 1.29 is 8.78 Å². The normalized spacial score (nSPS) is 26.3. The van der Waals surface area contributed by atoms with Gasteiger partial charge in [-0.05, 0) is 29.5 Å². The zero-order chi connectivity index (χ0) is 19.2. The Hall–Kier alpha value is -1.83. The zero-order valence-corrected chi connectivity index (χ0v) is 16.0. The van der Waals surface area contributed by atoms with Crippen molar-refractivity contribution in [3.63, 3.8) is 0 Å². The summed E-state index contributed by atoms with van der Waals surface area (Å²) in [7, 11) is 0. The van der Waals surface area contributed by atoms with Crippen molar-refractivity contribution in [1.29, 1.82) is 0 Å². The van der Waals surface area contributed by atoms with E-state index in [1.165, 1.54) is 17.8 Å². The predicted molar refractivity (Wildman–Crippen MR) is 99.7 cm³/mol. The maximum Gasteiger partial charge on any atom is 0.159 e. The molecule has 1 fully saturated rings. The van der Waals surface area contributed by atoms with Gasteiger partial charge in [0.25, 0.3) is 0 Å². The van der Waals surface area contributed by atoms with Gasteiger partial charge in [0.1, 0.15) is 0 Å². The van der Waals surface area contributed by atoms with Gasteiger partial charge in [0, 0.05) is 37.3 Å². The van der Waals surface area contributed by atoms with Crippen LogP contribution in [0, 0.1) is 17.0 Å². The first-order chi connectivity index (χ1) is 12.8. The van der Waals surface area contributed by atoms with Crippen molar-refractivity contribution >= 4 is 0 Å². The highest BCUT2D eigenvalue weighted by molar-refractivity contribution is 5.24. The minimum Gasteiger partial charge on any atom is -0.348 e. The second-order valence-electron chi connectivity index (χ2n) is 8.73. The number of nitrogens with one attached hydrogen (secondary N) is 3. The molecule has 1 aromatic carbocycles. The summed E-state index contributed by atoms with van der Waals surface area (Å²) >= 11 is 0. The molecule has 3 heterocycles. The van der Waals surface area contributed by atoms with Crippen LogP contribution in [0.4, 0.5) is 8.78 Å². The van der Waals surface area contributed by atoms with Gasteiger partial charge < -0.3 is 4.98 Å². The van der Waals surface area contributed by atoms with E-state index >= 15 is 0 Å². The zero-order valence-electron chi connectivity index (χ0n) is 16.0. The predicted octanol–water partition coefficient (Wildman–Crippen LogP) is 3.07. The van der Waals surface area contributed by atoms with E-state index in [4.69, 9.17) is 0 Å². The molecule has 0 saturated carbocycles. The Kier molecular flexibility index (Phi) is 4.78. The lowest BCUT2D eigenvalue weighted by Gasteiger charge is -2.38. The Morgan fingerprint density at radius 3 is 2.70 bits per heavy atom. The molecular weight excluding hydrogens is 348 g/mol. The Balaban J connectivity index is 1.60. The van der Waals surface area contributed by atoms with Crippen molar-refractivity contribution in [1.82, 2.24) is 25.7 Å². The fourth-order valence-electron chi connectivity index (χ4n) is 4.21. The minimum absolute atomic E-state index is 0.0768. The fourth-order valence-corrected chi connectivity index (χ4v) is 4.21. The van der Waals surface area contributed by atoms with Gasteiger partial charge in [0.15, 0.2) is 11.6 Å². The number of benzene rings is 1. The average molecular weight is 375 g/mol. The topological polar surface area (TPSA) is 56.0 Å². The van der Waals surface area contributed by atoms with E-state index in [-0.39, 0.29) is 17.5 Å². The molecule has 4 rings (SSSR count). The summed E-state index contributed by atoms with van der Waals surface area (Å²) in [6, 6.07) is 4.79. The number of H-pyrrole nitrogens is 1. The molecule has 0 amide bonds. The number of imidazole rings is 1. The fraction of sp³-hybridized carbons (Fsp3) is 0.550. The Labute approximate surface area is 158 Å². The average Bonchev–Trinajstić information content (AvgIpc) is 3.26. The van der Waals surface area contributed by atoms with Crippen LogP contribution in [0.15, 0.2) is 24.5 Å². The summed E-state index contributed by atoms with van der Waals surface area (Å²) in [4.78, 5) is 10.2. The Morgan fingerprint density at radius 2 is 2.00 bits per heavy atom. The third-order valence-electron chi connectivity index (χ3n) is 5.80. The van der Waals surface area contributed by atoms with Crippen molar-refractivity contribution in [2.45, 2.75) is 58.3 Å². The van der Waals surface area contributed by atoms with Crippen molar-refractivity contribution in [2.75, 3.05) is 6.54 Å². The second kappa shape index (κ2) is 6.96. The summed E-state index contributed by atoms with van der Waals surface area (Å²) in [6.07, 6.45) is 3.61. The number of hydrogen-bond donors (Lipinski definition) is 3. The molecule has 2 aliphatic rings. The molecule has 3 atom stereocenters. The Morgan fingerprint density at radius 1 is 1.19 bits per heavy atom. The molecule has 0 bridgehead atoms. The highest BCUT2D eigenvalue weighted by atomic mass is 19.2. The molecular formula is C20H27F2N5. The van der Waals surface area contributed by atoms with Crippen molar-refractivity contribution in [3.05, 3.63) is 53.1 Å². The van der Waals surface area contributed by atoms with Gasteiger partial charge in [0.05, 0.1) is 18.1 Å². The number of aromatic amines is 1. The maximum absolute atomic E-state index is 13.7. The summed E-state index contributed by atoms with van der Waals surface area (Å²) < 4.78 is 27.0. The van der Waals surface area contributed by atoms with E-state index in [1.54, 1.807) is 12.4 Å². The van der Waals surface area contributed by atoms with Gasteiger partial charge in [-0.15, -0.1) is 0 Å². The third-order valence-corrected chi connectivity index (χ3v) is 5.80. The lowest BCUT2D eigenvalue weighted by Crippen LogP contribution is -2.46. The second-order valence-corrected chi connectivity index (χ2v) is 8.73. The van der Waals surface area contributed by atoms with Crippen LogP contribution in [-0.4, -0.2) is 33.5 Å². The molecule has 27 heavy (non-hydrogen) atoms. The van der Waals surface area contributed by atoms with E-state index < -0.39 is 11.6 Å². The van der Waals surface area contributed by atoms with Gasteiger partial charge in [-0.25, -0.2) is 13.8 Å². The molecule has 0 spiro atoms. The van der Waals surface area contributed by atoms with Gasteiger partial charge in [-0.2, -0.15) is 0 Å². The third kappa shape index (κ3) is 3.63. The van der Waals surface area contributed by atoms with Crippen LogP contribution in [0.2, 0.25) is 0 Å². The van der Waals surface area contributed by atoms with Crippen LogP contribution >= 0.6 is 0 Å². The summed E-state index contributed by atoms with van der Waals surface area (Å²) in [5, 5.41) is 0. The molecule has 0 aliphatic carbocycles. The van der Waals surface area contributed by atoms with Crippen LogP contribution in [0.1, 0.15) is 50.2 Å². The summed E-state index contributed by atoms with van der Waals surface area (Å²) in [6.45, 7) is 8.10. The van der Waals surface area contributed by atoms with Gasteiger partial charge >= 0.3 is 0 Å². The largest absolute Gasteiger partial charge is 0.348 e. The van der Waals surface area contributed by atoms with Crippen LogP contribution in [-0.2, 0) is 13.0 Å². The van der Waals surface area contributed by atoms with Gasteiger partial charge in [-0.1, -0.05) is 26.8 Å². The number of nitrogens with zero attached hydrogens (tertiary/aromatic N) is 2. The minimum atomic E-state index is -0.807. The summed E-state index contributed by atoms with van der Waals surface area (Å²) in [5.41, 5.74) is 10.1. The van der Waals surface area contributed by atoms with E-state index in [0.29, 0.717) is 12.6 Å². The molecule has 3 N–H and O–H groups in total. The van der Waals surface area contributed by atoms with Crippen LogP contribution < -0.4 is 10.9 Å². The monoisotopic (exact) mass is 375 g/mol. The van der Waals surface area contributed by atoms with Gasteiger partial charge in [-0.3, -0.25) is 15.8 Å². The SMILES string of the molecule is CC(C)(C)C1CC(C2c3nc[nH]c3CCN2Cc2ccc(F)c(F)c2)NN1. The number of halogens is 2. The Bertz CT molecular complexity index is 813. The first-order valence-corrected chi connectivity index (χ1v) is 9.54. The number of rotatable bonds is 3. The lowest BCUT2D eigenvalue weighted by atomic mass is 9.82. The van der Waals surface area contributed by atoms with Crippen LogP contribution in [0.3, 0.4) is 0 Å². The molecule has 146 valence electrons. The smallest absolute Gasteiger partial charge is 0.159 e. The van der Waals surface area contributed by atoms with Crippen LogP contribution in [0.25, 0.3) is 0 Å². The highest BCUT2D eigenvalue weighted by Crippen LogP contribution is 2.36. The number of hydrazine groups is 1. The van der Waals surface area contributed by atoms with E-state index in [9.17, 15) is 8.78 Å². The lowest BCUT2D eigenvalue weighted by molar-refractivity contribution is 0.136. The summed E-state index contributed by atoms with van der Waals surface area (Å²) in [5.74, 6) is -1.60. The number of fused-ring (bicyclic) bond motifs is 1. The molecule has 5 nitrogen and oxygen atoms in total. The standard InChI is InChI=1S/C20H27F2N5/c1-20(2,3)17-9-16(25-26-17)19-18-15(23-11-24-18)6-7-27(19)10-12-4-5-13(21)14(22)8-12/h4-5,8,11,16-17,19,25-26H,6-7,9-10H2,1-3H3,(H,23,24). The van der Waals surface area contributed by atoms with E-state index in [2.05, 4.69) is 46.5 Å². The highest BCUT2D eigenvalue weighted by Gasteiger charge is 2.42. The van der Waals surface area contributed by atoms with Crippen LogP contribution in [0.5, 0.6) is 0 Å². The molecule has 2 aliphatic heterocycles. The first-order valence-electron chi connectivity index (χ1n) is 9.54. The number of hydrogen-bond acceptors (Lipinski definition) is 4. The quantitative estimate of drug-likeness (QED) is 0.772. The van der Waals surface area contributed by atoms with Gasteiger partial charge in [0.2, 0.25) is 0 Å². The number of aromatic nitrogens is 2. The van der Waals surface area contributed by atoms with E-state index in [0.717, 1.165) is 30.6 Å². The van der Waals surface area contributed by atoms with E-state index in [1.807, 2.05) is 0 Å². The molecule has 1 saturated heterocycles. The first kappa shape index (κ1) is 18.5. The van der Waals surface area contributed by atoms with Crippen molar-refractivity contribution in [2.24, 2.45) is 5.41 Å². The molecule has 2 aromatic rings. The molecule has 3 unspecified atom stereocenters. The van der Waals surface area contributed by atoms with Crippen molar-refractivity contribution in [3.8, 4) is 0 Å². The molecule has 1 aromatic heterocycles.